The quantitative estimate of drug-likeness (QED) is 0.289. The molecule has 1 amide bonds. The number of hydrogen-bond donors (Lipinski definition) is 3. The van der Waals surface area contributed by atoms with E-state index in [0.29, 0.717) is 29.2 Å². The number of hydrazine groups is 1. The van der Waals surface area contributed by atoms with Gasteiger partial charge in [0, 0.05) is 42.3 Å². The van der Waals surface area contributed by atoms with Gasteiger partial charge in [-0.3, -0.25) is 19.4 Å². The number of piperidine rings is 1. The number of aryl methyl sites for hydroxylation is 2. The van der Waals surface area contributed by atoms with E-state index in [1.54, 1.807) is 35.3 Å². The molecular formula is C28H34F3N7O. The van der Waals surface area contributed by atoms with Gasteiger partial charge in [0.1, 0.15) is 0 Å². The first kappa shape index (κ1) is 28.2. The Bertz CT molecular complexity index is 1370. The number of nitrogens with two attached hydrogens (primary N) is 2. The lowest BCUT2D eigenvalue weighted by Gasteiger charge is -2.27. The Balaban J connectivity index is 1.57. The molecule has 0 atom stereocenters. The Morgan fingerprint density at radius 1 is 1.13 bits per heavy atom. The van der Waals surface area contributed by atoms with Gasteiger partial charge in [0.15, 0.2) is 0 Å². The standard InChI is InChI=1S/C28H34F3N7O/c1-18-7-8-23(14-26(18)38(33)17-25(32)24-15-34-36(3)19(24)2)35-27(39)21-11-20(12-22(13-21)28(29,30)31)16-37-9-5-4-6-10-37/h7-8,11-15,17H,4-6,9-10,16,32-33H2,1-3H3,(H,35,39)/b25-17-. The van der Waals surface area contributed by atoms with Gasteiger partial charge >= 0.3 is 6.18 Å². The minimum atomic E-state index is -4.57. The number of nitrogens with zero attached hydrogens (tertiary/aromatic N) is 4. The van der Waals surface area contributed by atoms with E-state index in [4.69, 9.17) is 11.6 Å². The molecular weight excluding hydrogens is 507 g/mol. The number of amides is 1. The fourth-order valence-corrected chi connectivity index (χ4v) is 4.69. The molecule has 2 aromatic carbocycles. The maximum Gasteiger partial charge on any atom is 0.416 e. The number of halogens is 3. The molecule has 0 unspecified atom stereocenters. The molecule has 0 radical (unpaired) electrons. The van der Waals surface area contributed by atoms with Crippen LogP contribution in [-0.4, -0.2) is 33.7 Å². The summed E-state index contributed by atoms with van der Waals surface area (Å²) >= 11 is 0. The molecule has 2 heterocycles. The Hall–Kier alpha value is -3.83. The molecule has 0 spiro atoms. The second-order valence-electron chi connectivity index (χ2n) is 9.97. The zero-order valence-electron chi connectivity index (χ0n) is 22.3. The monoisotopic (exact) mass is 541 g/mol. The summed E-state index contributed by atoms with van der Waals surface area (Å²) in [6.45, 7) is 5.76. The van der Waals surface area contributed by atoms with Crippen molar-refractivity contribution in [1.29, 1.82) is 0 Å². The van der Waals surface area contributed by atoms with Crippen LogP contribution in [0.25, 0.3) is 5.70 Å². The van der Waals surface area contributed by atoms with E-state index in [2.05, 4.69) is 15.3 Å². The largest absolute Gasteiger partial charge is 0.416 e. The van der Waals surface area contributed by atoms with Crippen LogP contribution in [0.2, 0.25) is 0 Å². The van der Waals surface area contributed by atoms with Gasteiger partial charge in [0.05, 0.1) is 23.1 Å². The highest BCUT2D eigenvalue weighted by Gasteiger charge is 2.32. The van der Waals surface area contributed by atoms with Gasteiger partial charge in [-0.1, -0.05) is 12.5 Å². The zero-order valence-corrected chi connectivity index (χ0v) is 22.3. The molecule has 39 heavy (non-hydrogen) atoms. The highest BCUT2D eigenvalue weighted by molar-refractivity contribution is 6.04. The molecule has 1 fully saturated rings. The van der Waals surface area contributed by atoms with Crippen molar-refractivity contribution in [3.05, 3.63) is 82.3 Å². The second-order valence-corrected chi connectivity index (χ2v) is 9.97. The smallest absolute Gasteiger partial charge is 0.397 e. The molecule has 1 aliphatic rings. The molecule has 1 saturated heterocycles. The van der Waals surface area contributed by atoms with Gasteiger partial charge in [-0.25, -0.2) is 5.84 Å². The average Bonchev–Trinajstić information content (AvgIpc) is 3.23. The average molecular weight is 542 g/mol. The Morgan fingerprint density at radius 3 is 2.49 bits per heavy atom. The van der Waals surface area contributed by atoms with E-state index < -0.39 is 17.6 Å². The van der Waals surface area contributed by atoms with Crippen molar-refractivity contribution < 1.29 is 18.0 Å². The van der Waals surface area contributed by atoms with Crippen LogP contribution in [0.15, 0.2) is 48.8 Å². The number of benzene rings is 2. The summed E-state index contributed by atoms with van der Waals surface area (Å²) < 4.78 is 42.7. The molecule has 5 N–H and O–H groups in total. The number of alkyl halides is 3. The van der Waals surface area contributed by atoms with Crippen molar-refractivity contribution in [2.75, 3.05) is 23.4 Å². The SMILES string of the molecule is Cc1ccc(NC(=O)c2cc(CN3CCCCC3)cc(C(F)(F)F)c2)cc1N(N)/C=C(\N)c1cnn(C)c1C. The molecule has 3 aromatic rings. The van der Waals surface area contributed by atoms with Crippen LogP contribution in [-0.2, 0) is 19.8 Å². The van der Waals surface area contributed by atoms with Gasteiger partial charge in [0.25, 0.3) is 5.91 Å². The predicted octanol–water partition coefficient (Wildman–Crippen LogP) is 4.93. The maximum atomic E-state index is 13.7. The van der Waals surface area contributed by atoms with Gasteiger partial charge in [-0.05, 0) is 81.2 Å². The van der Waals surface area contributed by atoms with Crippen LogP contribution in [0.1, 0.15) is 57.6 Å². The number of likely N-dealkylation sites (tertiary alicyclic amines) is 1. The van der Waals surface area contributed by atoms with Crippen molar-refractivity contribution in [2.45, 2.75) is 45.8 Å². The Labute approximate surface area is 226 Å². The van der Waals surface area contributed by atoms with Crippen molar-refractivity contribution in [1.82, 2.24) is 14.7 Å². The maximum absolute atomic E-state index is 13.7. The molecule has 0 aliphatic carbocycles. The van der Waals surface area contributed by atoms with Crippen LogP contribution in [0.4, 0.5) is 24.5 Å². The molecule has 8 nitrogen and oxygen atoms in total. The molecule has 0 bridgehead atoms. The van der Waals surface area contributed by atoms with Crippen molar-refractivity contribution in [2.24, 2.45) is 18.6 Å². The first-order valence-corrected chi connectivity index (χ1v) is 12.8. The lowest BCUT2D eigenvalue weighted by atomic mass is 10.0. The van der Waals surface area contributed by atoms with Crippen molar-refractivity contribution >= 4 is 23.0 Å². The van der Waals surface area contributed by atoms with E-state index in [9.17, 15) is 18.0 Å². The van der Waals surface area contributed by atoms with Crippen molar-refractivity contribution in [3.8, 4) is 0 Å². The van der Waals surface area contributed by atoms with E-state index >= 15 is 0 Å². The number of carbonyl (C=O) groups is 1. The van der Waals surface area contributed by atoms with E-state index in [0.717, 1.165) is 61.3 Å². The van der Waals surface area contributed by atoms with E-state index in [1.807, 2.05) is 20.9 Å². The van der Waals surface area contributed by atoms with Crippen LogP contribution in [0.5, 0.6) is 0 Å². The molecule has 4 rings (SSSR count). The highest BCUT2D eigenvalue weighted by atomic mass is 19.4. The van der Waals surface area contributed by atoms with Crippen LogP contribution >= 0.6 is 0 Å². The number of carbonyl (C=O) groups excluding carboxylic acids is 1. The van der Waals surface area contributed by atoms with Crippen LogP contribution in [0.3, 0.4) is 0 Å². The van der Waals surface area contributed by atoms with Gasteiger partial charge < -0.3 is 11.1 Å². The first-order chi connectivity index (χ1) is 18.4. The molecule has 0 saturated carbocycles. The summed E-state index contributed by atoms with van der Waals surface area (Å²) in [5.41, 5.74) is 9.57. The number of rotatable bonds is 7. The fraction of sp³-hybridized carbons (Fsp3) is 0.357. The minimum absolute atomic E-state index is 0.0558. The van der Waals surface area contributed by atoms with Crippen molar-refractivity contribution in [3.63, 3.8) is 0 Å². The Kier molecular flexibility index (Phi) is 8.31. The van der Waals surface area contributed by atoms with E-state index in [1.165, 1.54) is 11.1 Å². The first-order valence-electron chi connectivity index (χ1n) is 12.8. The summed E-state index contributed by atoms with van der Waals surface area (Å²) in [5, 5.41) is 8.25. The zero-order chi connectivity index (χ0) is 28.3. The highest BCUT2D eigenvalue weighted by Crippen LogP contribution is 2.32. The molecule has 208 valence electrons. The van der Waals surface area contributed by atoms with E-state index in [-0.39, 0.29) is 5.56 Å². The normalized spacial score (nSPS) is 14.9. The minimum Gasteiger partial charge on any atom is -0.397 e. The summed E-state index contributed by atoms with van der Waals surface area (Å²) in [5.74, 6) is 5.65. The van der Waals surface area contributed by atoms with Gasteiger partial charge in [0.2, 0.25) is 0 Å². The lowest BCUT2D eigenvalue weighted by Crippen LogP contribution is -2.29. The second kappa shape index (κ2) is 11.5. The Morgan fingerprint density at radius 2 is 1.85 bits per heavy atom. The number of hydrogen-bond acceptors (Lipinski definition) is 6. The number of anilines is 2. The van der Waals surface area contributed by atoms with Crippen LogP contribution < -0.4 is 21.9 Å². The third-order valence-corrected chi connectivity index (χ3v) is 7.01. The van der Waals surface area contributed by atoms with Gasteiger partial charge in [-0.2, -0.15) is 18.3 Å². The summed E-state index contributed by atoms with van der Waals surface area (Å²) in [7, 11) is 1.81. The summed E-state index contributed by atoms with van der Waals surface area (Å²) in [6, 6.07) is 8.63. The predicted molar refractivity (Wildman–Crippen MR) is 146 cm³/mol. The molecule has 1 aromatic heterocycles. The lowest BCUT2D eigenvalue weighted by molar-refractivity contribution is -0.137. The fourth-order valence-electron chi connectivity index (χ4n) is 4.69. The van der Waals surface area contributed by atoms with Gasteiger partial charge in [-0.15, -0.1) is 0 Å². The van der Waals surface area contributed by atoms with Crippen LogP contribution in [0, 0.1) is 13.8 Å². The summed E-state index contributed by atoms with van der Waals surface area (Å²) in [6.07, 6.45) is 1.79. The third-order valence-electron chi connectivity index (χ3n) is 7.01. The molecule has 1 aliphatic heterocycles. The third kappa shape index (κ3) is 6.79. The number of nitrogens with one attached hydrogen (secondary N) is 1. The topological polar surface area (TPSA) is 105 Å². The summed E-state index contributed by atoms with van der Waals surface area (Å²) in [4.78, 5) is 15.2. The molecule has 11 heteroatoms. The number of aromatic nitrogens is 2.